The number of nitrogens with zero attached hydrogens (tertiary/aromatic N) is 2. The number of rotatable bonds is 5. The van der Waals surface area contributed by atoms with Gasteiger partial charge in [0.25, 0.3) is 0 Å². The number of aromatic nitrogens is 2. The summed E-state index contributed by atoms with van der Waals surface area (Å²) < 4.78 is 52.7. The van der Waals surface area contributed by atoms with Gasteiger partial charge in [-0.05, 0) is 49.2 Å². The molecule has 1 unspecified atom stereocenters. The zero-order valence-corrected chi connectivity index (χ0v) is 17.2. The molecule has 3 rings (SSSR count). The first-order valence-electron chi connectivity index (χ1n) is 8.59. The van der Waals surface area contributed by atoms with Crippen LogP contribution in [0.1, 0.15) is 26.0 Å². The predicted octanol–water partition coefficient (Wildman–Crippen LogP) is 6.31. The third-order valence-corrected chi connectivity index (χ3v) is 6.22. The van der Waals surface area contributed by atoms with Crippen LogP contribution in [0, 0.1) is 0 Å². The van der Waals surface area contributed by atoms with Crippen LogP contribution in [-0.4, -0.2) is 20.2 Å². The van der Waals surface area contributed by atoms with Gasteiger partial charge in [-0.15, -0.1) is 11.3 Å². The largest absolute Gasteiger partial charge is 0.435 e. The molecule has 0 saturated carbocycles. The minimum Gasteiger partial charge on any atom is -0.255 e. The molecule has 0 fully saturated rings. The molecule has 148 valence electrons. The molecule has 0 aliphatic rings. The lowest BCUT2D eigenvalue weighted by atomic mass is 10.2. The highest BCUT2D eigenvalue weighted by Gasteiger charge is 2.35. The third-order valence-electron chi connectivity index (χ3n) is 4.14. The average Bonchev–Trinajstić information content (AvgIpc) is 3.28. The zero-order valence-electron chi connectivity index (χ0n) is 15.6. The van der Waals surface area contributed by atoms with E-state index < -0.39 is 22.7 Å². The Balaban J connectivity index is 2.08. The summed E-state index contributed by atoms with van der Waals surface area (Å²) >= 11 is 1.38. The maximum atomic E-state index is 13.2. The number of hydrogen-bond donors (Lipinski definition) is 0. The van der Waals surface area contributed by atoms with E-state index in [9.17, 15) is 17.4 Å². The fourth-order valence-corrected chi connectivity index (χ4v) is 4.37. The van der Waals surface area contributed by atoms with Gasteiger partial charge in [-0.2, -0.15) is 18.3 Å². The SMILES string of the molecule is CC/C=C(\C)n1nc(C(F)(F)F)cc1-c1ccc(-c2cccc(S(C)=O)c2)s1. The van der Waals surface area contributed by atoms with E-state index in [1.807, 2.05) is 37.3 Å². The molecule has 2 aromatic heterocycles. The van der Waals surface area contributed by atoms with Gasteiger partial charge in [0.05, 0.1) is 10.6 Å². The summed E-state index contributed by atoms with van der Waals surface area (Å²) in [5, 5.41) is 3.79. The minimum atomic E-state index is -4.51. The van der Waals surface area contributed by atoms with Crippen molar-refractivity contribution in [2.75, 3.05) is 6.26 Å². The number of halogens is 3. The number of alkyl halides is 3. The van der Waals surface area contributed by atoms with E-state index in [1.165, 1.54) is 16.0 Å². The first-order chi connectivity index (χ1) is 13.2. The van der Waals surface area contributed by atoms with Crippen LogP contribution in [-0.2, 0) is 17.0 Å². The molecular formula is C20H19F3N2OS2. The van der Waals surface area contributed by atoms with Crippen molar-refractivity contribution in [3.8, 4) is 21.0 Å². The molecule has 28 heavy (non-hydrogen) atoms. The molecule has 0 N–H and O–H groups in total. The Labute approximate surface area is 168 Å². The van der Waals surface area contributed by atoms with E-state index in [-0.39, 0.29) is 0 Å². The number of hydrogen-bond acceptors (Lipinski definition) is 3. The van der Waals surface area contributed by atoms with Gasteiger partial charge >= 0.3 is 6.18 Å². The van der Waals surface area contributed by atoms with Crippen molar-refractivity contribution in [1.29, 1.82) is 0 Å². The average molecular weight is 425 g/mol. The molecule has 3 aromatic rings. The quantitative estimate of drug-likeness (QED) is 0.481. The van der Waals surface area contributed by atoms with Crippen molar-refractivity contribution in [3.63, 3.8) is 0 Å². The fourth-order valence-electron chi connectivity index (χ4n) is 2.80. The summed E-state index contributed by atoms with van der Waals surface area (Å²) in [4.78, 5) is 2.28. The Bertz CT molecular complexity index is 1050. The number of allylic oxidation sites excluding steroid dienone is 2. The van der Waals surface area contributed by atoms with E-state index >= 15 is 0 Å². The fraction of sp³-hybridized carbons (Fsp3) is 0.250. The zero-order chi connectivity index (χ0) is 20.5. The lowest BCUT2D eigenvalue weighted by Crippen LogP contribution is -2.07. The molecule has 0 saturated heterocycles. The second-order valence-electron chi connectivity index (χ2n) is 6.22. The van der Waals surface area contributed by atoms with Crippen molar-refractivity contribution in [2.45, 2.75) is 31.3 Å². The van der Waals surface area contributed by atoms with Crippen LogP contribution in [0.15, 0.2) is 53.4 Å². The summed E-state index contributed by atoms with van der Waals surface area (Å²) in [6, 6.07) is 12.1. The van der Waals surface area contributed by atoms with Crippen molar-refractivity contribution in [1.82, 2.24) is 9.78 Å². The first kappa shape index (κ1) is 20.5. The van der Waals surface area contributed by atoms with Crippen LogP contribution in [0.4, 0.5) is 13.2 Å². The van der Waals surface area contributed by atoms with Crippen LogP contribution >= 0.6 is 11.3 Å². The predicted molar refractivity (Wildman–Crippen MR) is 109 cm³/mol. The lowest BCUT2D eigenvalue weighted by molar-refractivity contribution is -0.141. The van der Waals surface area contributed by atoms with Gasteiger partial charge in [0.1, 0.15) is 0 Å². The maximum absolute atomic E-state index is 13.2. The Morgan fingerprint density at radius 1 is 1.21 bits per heavy atom. The van der Waals surface area contributed by atoms with Crippen molar-refractivity contribution in [2.24, 2.45) is 0 Å². The van der Waals surface area contributed by atoms with Crippen molar-refractivity contribution < 1.29 is 17.4 Å². The summed E-state index contributed by atoms with van der Waals surface area (Å²) in [6.45, 7) is 3.67. The molecule has 3 nitrogen and oxygen atoms in total. The molecule has 0 bridgehead atoms. The first-order valence-corrected chi connectivity index (χ1v) is 11.0. The van der Waals surface area contributed by atoms with Crippen molar-refractivity contribution in [3.05, 3.63) is 54.2 Å². The van der Waals surface area contributed by atoms with E-state index in [4.69, 9.17) is 0 Å². The number of benzene rings is 1. The maximum Gasteiger partial charge on any atom is 0.435 e. The van der Waals surface area contributed by atoms with E-state index in [0.717, 1.165) is 16.5 Å². The minimum absolute atomic E-state index is 0.404. The Hall–Kier alpha value is -2.19. The summed E-state index contributed by atoms with van der Waals surface area (Å²) in [5.74, 6) is 0. The highest BCUT2D eigenvalue weighted by molar-refractivity contribution is 7.84. The van der Waals surface area contributed by atoms with E-state index in [0.29, 0.717) is 27.6 Å². The van der Waals surface area contributed by atoms with Crippen LogP contribution in [0.3, 0.4) is 0 Å². The van der Waals surface area contributed by atoms with Gasteiger partial charge in [-0.1, -0.05) is 25.1 Å². The molecular weight excluding hydrogens is 405 g/mol. The number of thiophene rings is 1. The van der Waals surface area contributed by atoms with Crippen LogP contribution in [0.25, 0.3) is 26.7 Å². The summed E-state index contributed by atoms with van der Waals surface area (Å²) in [7, 11) is -1.10. The van der Waals surface area contributed by atoms with Gasteiger partial charge in [0, 0.05) is 32.5 Å². The Kier molecular flexibility index (Phi) is 5.90. The molecule has 0 spiro atoms. The highest BCUT2D eigenvalue weighted by atomic mass is 32.2. The molecule has 0 aliphatic heterocycles. The second kappa shape index (κ2) is 8.05. The summed E-state index contributed by atoms with van der Waals surface area (Å²) in [6.07, 6.45) is -0.362. The smallest absolute Gasteiger partial charge is 0.255 e. The monoisotopic (exact) mass is 424 g/mol. The molecule has 1 aromatic carbocycles. The molecule has 8 heteroatoms. The molecule has 0 amide bonds. The lowest BCUT2D eigenvalue weighted by Gasteiger charge is -2.06. The second-order valence-corrected chi connectivity index (χ2v) is 8.69. The Morgan fingerprint density at radius 2 is 1.93 bits per heavy atom. The van der Waals surface area contributed by atoms with Crippen LogP contribution in [0.5, 0.6) is 0 Å². The molecule has 2 heterocycles. The molecule has 0 aliphatic carbocycles. The topological polar surface area (TPSA) is 34.9 Å². The van der Waals surface area contributed by atoms with Gasteiger partial charge in [-0.3, -0.25) is 4.21 Å². The normalized spacial score (nSPS) is 13.7. The highest BCUT2D eigenvalue weighted by Crippen LogP contribution is 2.38. The van der Waals surface area contributed by atoms with Crippen LogP contribution in [0.2, 0.25) is 0 Å². The van der Waals surface area contributed by atoms with E-state index in [2.05, 4.69) is 5.10 Å². The third kappa shape index (κ3) is 4.28. The Morgan fingerprint density at radius 3 is 2.57 bits per heavy atom. The van der Waals surface area contributed by atoms with Gasteiger partial charge < -0.3 is 0 Å². The molecule has 1 atom stereocenters. The molecule has 0 radical (unpaired) electrons. The van der Waals surface area contributed by atoms with Gasteiger partial charge in [0.2, 0.25) is 0 Å². The summed E-state index contributed by atoms with van der Waals surface area (Å²) in [5.41, 5.74) is 1.02. The van der Waals surface area contributed by atoms with Crippen molar-refractivity contribution >= 4 is 27.8 Å². The van der Waals surface area contributed by atoms with E-state index in [1.54, 1.807) is 25.3 Å². The van der Waals surface area contributed by atoms with Gasteiger partial charge in [0.15, 0.2) is 5.69 Å². The standard InChI is InChI=1S/C20H19F3N2OS2/c1-4-6-13(2)25-16(12-19(24-25)20(21,22)23)18-10-9-17(27-18)14-7-5-8-15(11-14)28(3)26/h5-12H,4H2,1-3H3/b13-6+. The van der Waals surface area contributed by atoms with Crippen LogP contribution < -0.4 is 0 Å². The van der Waals surface area contributed by atoms with Gasteiger partial charge in [-0.25, -0.2) is 4.68 Å².